The highest BCUT2D eigenvalue weighted by Crippen LogP contribution is 2.23. The zero-order valence-electron chi connectivity index (χ0n) is 11.1. The number of primary amides is 1. The molecule has 0 saturated heterocycles. The Morgan fingerprint density at radius 3 is 2.67 bits per heavy atom. The summed E-state index contributed by atoms with van der Waals surface area (Å²) < 4.78 is 11.2. The molecule has 2 fully saturated rings. The van der Waals surface area contributed by atoms with Gasteiger partial charge in [0.1, 0.15) is 6.04 Å². The molecular formula is C13H24N2O3. The van der Waals surface area contributed by atoms with Crippen molar-refractivity contribution in [1.29, 1.82) is 0 Å². The number of ether oxygens (including phenoxy) is 2. The molecule has 5 heteroatoms. The van der Waals surface area contributed by atoms with Crippen molar-refractivity contribution in [2.45, 2.75) is 62.8 Å². The first-order valence-corrected chi connectivity index (χ1v) is 6.88. The lowest BCUT2D eigenvalue weighted by molar-refractivity contribution is -0.122. The maximum atomic E-state index is 11.3. The van der Waals surface area contributed by atoms with E-state index in [9.17, 15) is 4.79 Å². The Hall–Kier alpha value is -0.650. The highest BCUT2D eigenvalue weighted by Gasteiger charge is 2.29. The van der Waals surface area contributed by atoms with Crippen LogP contribution in [0.3, 0.4) is 0 Å². The van der Waals surface area contributed by atoms with Crippen molar-refractivity contribution in [3.63, 3.8) is 0 Å². The minimum atomic E-state index is -0.347. The zero-order chi connectivity index (χ0) is 13.0. The standard InChI is InChI=1S/C13H24N2O3/c1-17-10-3-2-4-11(7-10)18-8-12(13(14)16)15-9-5-6-9/h9-12,15H,2-8H2,1H3,(H2,14,16). The SMILES string of the molecule is COC1CCCC(OCC(NC2CC2)C(N)=O)C1. The predicted molar refractivity (Wildman–Crippen MR) is 68.1 cm³/mol. The van der Waals surface area contributed by atoms with Gasteiger partial charge in [-0.1, -0.05) is 0 Å². The minimum absolute atomic E-state index is 0.201. The van der Waals surface area contributed by atoms with Crippen molar-refractivity contribution in [3.05, 3.63) is 0 Å². The summed E-state index contributed by atoms with van der Waals surface area (Å²) in [4.78, 5) is 11.3. The van der Waals surface area contributed by atoms with Crippen molar-refractivity contribution in [2.24, 2.45) is 5.73 Å². The van der Waals surface area contributed by atoms with Gasteiger partial charge < -0.3 is 20.5 Å². The number of hydrogen-bond acceptors (Lipinski definition) is 4. The third kappa shape index (κ3) is 4.23. The quantitative estimate of drug-likeness (QED) is 0.698. The molecule has 3 unspecified atom stereocenters. The van der Waals surface area contributed by atoms with Crippen LogP contribution in [-0.2, 0) is 14.3 Å². The Morgan fingerprint density at radius 1 is 1.33 bits per heavy atom. The fourth-order valence-electron chi connectivity index (χ4n) is 2.45. The van der Waals surface area contributed by atoms with Crippen LogP contribution in [0.2, 0.25) is 0 Å². The van der Waals surface area contributed by atoms with E-state index in [0.29, 0.717) is 18.8 Å². The average Bonchev–Trinajstić information content (AvgIpc) is 3.18. The summed E-state index contributed by atoms with van der Waals surface area (Å²) >= 11 is 0. The van der Waals surface area contributed by atoms with Gasteiger partial charge in [0.15, 0.2) is 0 Å². The maximum Gasteiger partial charge on any atom is 0.236 e. The van der Waals surface area contributed by atoms with Crippen LogP contribution in [-0.4, -0.2) is 43.9 Å². The van der Waals surface area contributed by atoms with Crippen LogP contribution >= 0.6 is 0 Å². The molecule has 2 rings (SSSR count). The lowest BCUT2D eigenvalue weighted by atomic mass is 9.95. The van der Waals surface area contributed by atoms with Gasteiger partial charge in [-0.2, -0.15) is 0 Å². The van der Waals surface area contributed by atoms with Crippen LogP contribution in [0.15, 0.2) is 0 Å². The summed E-state index contributed by atoms with van der Waals surface area (Å²) in [7, 11) is 1.74. The average molecular weight is 256 g/mol. The summed E-state index contributed by atoms with van der Waals surface area (Å²) in [5, 5.41) is 3.22. The van der Waals surface area contributed by atoms with E-state index in [4.69, 9.17) is 15.2 Å². The first-order valence-electron chi connectivity index (χ1n) is 6.88. The second-order valence-corrected chi connectivity index (χ2v) is 5.38. The van der Waals surface area contributed by atoms with E-state index in [1.807, 2.05) is 0 Å². The highest BCUT2D eigenvalue weighted by molar-refractivity contribution is 5.80. The molecule has 2 aliphatic carbocycles. The number of methoxy groups -OCH3 is 1. The Morgan fingerprint density at radius 2 is 2.06 bits per heavy atom. The van der Waals surface area contributed by atoms with Gasteiger partial charge in [-0.05, 0) is 38.5 Å². The monoisotopic (exact) mass is 256 g/mol. The molecule has 104 valence electrons. The molecule has 0 aromatic carbocycles. The molecule has 5 nitrogen and oxygen atoms in total. The molecular weight excluding hydrogens is 232 g/mol. The Kier molecular flexibility index (Phi) is 4.97. The summed E-state index contributed by atoms with van der Waals surface area (Å²) in [5.74, 6) is -0.319. The highest BCUT2D eigenvalue weighted by atomic mass is 16.5. The molecule has 2 aliphatic rings. The predicted octanol–water partition coefficient (Wildman–Crippen LogP) is 0.567. The van der Waals surface area contributed by atoms with E-state index < -0.39 is 0 Å². The van der Waals surface area contributed by atoms with Crippen molar-refractivity contribution in [3.8, 4) is 0 Å². The van der Waals surface area contributed by atoms with Gasteiger partial charge >= 0.3 is 0 Å². The third-order valence-corrected chi connectivity index (χ3v) is 3.77. The molecule has 18 heavy (non-hydrogen) atoms. The molecule has 0 aliphatic heterocycles. The molecule has 0 aromatic rings. The first-order chi connectivity index (χ1) is 8.69. The lowest BCUT2D eigenvalue weighted by Gasteiger charge is -2.29. The molecule has 0 spiro atoms. The van der Waals surface area contributed by atoms with Crippen molar-refractivity contribution in [1.82, 2.24) is 5.32 Å². The summed E-state index contributed by atoms with van der Waals surface area (Å²) in [6.45, 7) is 0.382. The van der Waals surface area contributed by atoms with Crippen molar-refractivity contribution < 1.29 is 14.3 Å². The minimum Gasteiger partial charge on any atom is -0.381 e. The van der Waals surface area contributed by atoms with Crippen molar-refractivity contribution in [2.75, 3.05) is 13.7 Å². The van der Waals surface area contributed by atoms with Gasteiger partial charge in [-0.25, -0.2) is 0 Å². The lowest BCUT2D eigenvalue weighted by Crippen LogP contribution is -2.46. The van der Waals surface area contributed by atoms with Gasteiger partial charge in [-0.15, -0.1) is 0 Å². The fourth-order valence-corrected chi connectivity index (χ4v) is 2.45. The van der Waals surface area contributed by atoms with Gasteiger partial charge in [-0.3, -0.25) is 4.79 Å². The molecule has 3 atom stereocenters. The fraction of sp³-hybridized carbons (Fsp3) is 0.923. The molecule has 0 aromatic heterocycles. The number of rotatable bonds is 7. The van der Waals surface area contributed by atoms with Crippen LogP contribution in [0.5, 0.6) is 0 Å². The third-order valence-electron chi connectivity index (χ3n) is 3.77. The van der Waals surface area contributed by atoms with Gasteiger partial charge in [0.2, 0.25) is 5.91 Å². The number of carbonyl (C=O) groups is 1. The van der Waals surface area contributed by atoms with E-state index in [1.54, 1.807) is 7.11 Å². The van der Waals surface area contributed by atoms with E-state index in [2.05, 4.69) is 5.32 Å². The van der Waals surface area contributed by atoms with Crippen LogP contribution in [0.25, 0.3) is 0 Å². The summed E-state index contributed by atoms with van der Waals surface area (Å²) in [6, 6.07) is 0.115. The number of amides is 1. The van der Waals surface area contributed by atoms with Gasteiger partial charge in [0.25, 0.3) is 0 Å². The van der Waals surface area contributed by atoms with Crippen LogP contribution in [0.1, 0.15) is 38.5 Å². The van der Waals surface area contributed by atoms with Gasteiger partial charge in [0, 0.05) is 13.2 Å². The van der Waals surface area contributed by atoms with Crippen molar-refractivity contribution >= 4 is 5.91 Å². The normalized spacial score (nSPS) is 30.1. The molecule has 3 N–H and O–H groups in total. The smallest absolute Gasteiger partial charge is 0.236 e. The molecule has 0 radical (unpaired) electrons. The van der Waals surface area contributed by atoms with E-state index in [1.165, 1.54) is 0 Å². The summed E-state index contributed by atoms with van der Waals surface area (Å²) in [5.41, 5.74) is 5.38. The number of nitrogens with two attached hydrogens (primary N) is 1. The van der Waals surface area contributed by atoms with Crippen LogP contribution in [0.4, 0.5) is 0 Å². The molecule has 2 saturated carbocycles. The topological polar surface area (TPSA) is 73.6 Å². The maximum absolute atomic E-state index is 11.3. The Balaban J connectivity index is 1.72. The van der Waals surface area contributed by atoms with E-state index in [-0.39, 0.29) is 18.1 Å². The zero-order valence-corrected chi connectivity index (χ0v) is 11.1. The second-order valence-electron chi connectivity index (χ2n) is 5.38. The van der Waals surface area contributed by atoms with E-state index in [0.717, 1.165) is 38.5 Å². The largest absolute Gasteiger partial charge is 0.381 e. The molecule has 0 heterocycles. The summed E-state index contributed by atoms with van der Waals surface area (Å²) in [6.07, 6.45) is 6.98. The number of nitrogens with one attached hydrogen (secondary N) is 1. The Bertz CT molecular complexity index is 281. The van der Waals surface area contributed by atoms with Crippen LogP contribution in [0, 0.1) is 0 Å². The van der Waals surface area contributed by atoms with Gasteiger partial charge in [0.05, 0.1) is 18.8 Å². The Labute approximate surface area is 108 Å². The van der Waals surface area contributed by atoms with Crippen LogP contribution < -0.4 is 11.1 Å². The number of carbonyl (C=O) groups excluding carboxylic acids is 1. The van der Waals surface area contributed by atoms with E-state index >= 15 is 0 Å². The first kappa shape index (κ1) is 13.8. The second kappa shape index (κ2) is 6.50. The molecule has 0 bridgehead atoms. The number of hydrogen-bond donors (Lipinski definition) is 2. The molecule has 1 amide bonds.